The van der Waals surface area contributed by atoms with Gasteiger partial charge in [-0.05, 0) is 37.0 Å². The predicted molar refractivity (Wildman–Crippen MR) is 97.8 cm³/mol. The number of rotatable bonds is 6. The topological polar surface area (TPSA) is 108 Å². The number of nitrogens with one attached hydrogen (secondary N) is 2. The van der Waals surface area contributed by atoms with Crippen molar-refractivity contribution in [3.05, 3.63) is 34.5 Å². The van der Waals surface area contributed by atoms with Gasteiger partial charge < -0.3 is 4.90 Å². The van der Waals surface area contributed by atoms with Crippen molar-refractivity contribution in [3.8, 4) is 0 Å². The number of nitrogens with zero attached hydrogens (tertiary/aromatic N) is 3. The number of benzene rings is 1. The van der Waals surface area contributed by atoms with Gasteiger partial charge in [-0.1, -0.05) is 31.0 Å². The molecule has 1 aromatic carbocycles. The van der Waals surface area contributed by atoms with E-state index in [1.165, 1.54) is 6.07 Å². The third kappa shape index (κ3) is 3.83. The van der Waals surface area contributed by atoms with Crippen LogP contribution in [0.15, 0.2) is 23.1 Å². The fourth-order valence-electron chi connectivity index (χ4n) is 2.90. The second-order valence-corrected chi connectivity index (χ2v) is 8.20. The normalized spacial score (nSPS) is 14.6. The van der Waals surface area contributed by atoms with Crippen LogP contribution in [0.4, 0.5) is 5.82 Å². The lowest BCUT2D eigenvalue weighted by molar-refractivity contribution is 0.0788. The van der Waals surface area contributed by atoms with Crippen LogP contribution in [0, 0.1) is 0 Å². The molecule has 10 heteroatoms. The average molecular weight is 398 g/mol. The monoisotopic (exact) mass is 397 g/mol. The first-order chi connectivity index (χ1) is 12.4. The van der Waals surface area contributed by atoms with Gasteiger partial charge in [0.05, 0.1) is 5.02 Å². The van der Waals surface area contributed by atoms with Crippen LogP contribution >= 0.6 is 11.6 Å². The SMILES string of the molecule is CCCc1ccc(Cl)c(S(=O)(=O)Nc2n[nH]nc2C(=O)N2CCCC2)c1. The van der Waals surface area contributed by atoms with E-state index < -0.39 is 10.0 Å². The van der Waals surface area contributed by atoms with Crippen LogP contribution in [0.1, 0.15) is 42.2 Å². The first-order valence-corrected chi connectivity index (χ1v) is 10.3. The van der Waals surface area contributed by atoms with Gasteiger partial charge >= 0.3 is 0 Å². The van der Waals surface area contributed by atoms with Crippen molar-refractivity contribution >= 4 is 33.3 Å². The van der Waals surface area contributed by atoms with Crippen LogP contribution in [0.25, 0.3) is 0 Å². The molecule has 1 saturated heterocycles. The summed E-state index contributed by atoms with van der Waals surface area (Å²) in [7, 11) is -4.01. The number of aryl methyl sites for hydroxylation is 1. The van der Waals surface area contributed by atoms with Crippen molar-refractivity contribution in [2.24, 2.45) is 0 Å². The lowest BCUT2D eigenvalue weighted by atomic mass is 10.1. The molecular weight excluding hydrogens is 378 g/mol. The summed E-state index contributed by atoms with van der Waals surface area (Å²) in [5, 5.41) is 10.0. The number of sulfonamides is 1. The molecule has 0 radical (unpaired) electrons. The maximum absolute atomic E-state index is 12.8. The smallest absolute Gasteiger partial charge is 0.278 e. The Bertz CT molecular complexity index is 906. The van der Waals surface area contributed by atoms with E-state index in [0.29, 0.717) is 13.1 Å². The lowest BCUT2D eigenvalue weighted by Gasteiger charge is -2.14. The summed E-state index contributed by atoms with van der Waals surface area (Å²) in [6, 6.07) is 4.89. The van der Waals surface area contributed by atoms with Crippen LogP contribution in [0.3, 0.4) is 0 Å². The number of amides is 1. The van der Waals surface area contributed by atoms with Crippen LogP contribution in [-0.2, 0) is 16.4 Å². The van der Waals surface area contributed by atoms with Crippen molar-refractivity contribution in [1.29, 1.82) is 0 Å². The summed E-state index contributed by atoms with van der Waals surface area (Å²) in [5.74, 6) is -0.473. The Hall–Kier alpha value is -2.13. The van der Waals surface area contributed by atoms with Crippen LogP contribution in [-0.4, -0.2) is 47.7 Å². The van der Waals surface area contributed by atoms with E-state index in [1.54, 1.807) is 17.0 Å². The summed E-state index contributed by atoms with van der Waals surface area (Å²) in [4.78, 5) is 14.1. The van der Waals surface area contributed by atoms with Gasteiger partial charge in [-0.15, -0.1) is 10.2 Å². The largest absolute Gasteiger partial charge is 0.337 e. The third-order valence-electron chi connectivity index (χ3n) is 4.20. The Kier molecular flexibility index (Phi) is 5.47. The molecule has 140 valence electrons. The molecule has 26 heavy (non-hydrogen) atoms. The van der Waals surface area contributed by atoms with E-state index in [9.17, 15) is 13.2 Å². The fourth-order valence-corrected chi connectivity index (χ4v) is 4.46. The summed E-state index contributed by atoms with van der Waals surface area (Å²) in [6.45, 7) is 3.26. The fraction of sp³-hybridized carbons (Fsp3) is 0.438. The third-order valence-corrected chi connectivity index (χ3v) is 6.02. The molecule has 0 spiro atoms. The molecule has 2 N–H and O–H groups in total. The highest BCUT2D eigenvalue weighted by Gasteiger charge is 2.28. The number of carbonyl (C=O) groups excluding carboxylic acids is 1. The van der Waals surface area contributed by atoms with Gasteiger partial charge in [-0.25, -0.2) is 8.42 Å². The van der Waals surface area contributed by atoms with Gasteiger partial charge in [-0.3, -0.25) is 9.52 Å². The van der Waals surface area contributed by atoms with Gasteiger partial charge in [0.2, 0.25) is 0 Å². The molecule has 2 heterocycles. The second-order valence-electron chi connectivity index (χ2n) is 6.14. The molecule has 0 atom stereocenters. The van der Waals surface area contributed by atoms with Crippen molar-refractivity contribution in [3.63, 3.8) is 0 Å². The maximum Gasteiger partial charge on any atom is 0.278 e. The molecule has 0 unspecified atom stereocenters. The van der Waals surface area contributed by atoms with Gasteiger partial charge in [-0.2, -0.15) is 5.21 Å². The summed E-state index contributed by atoms with van der Waals surface area (Å²) in [5.41, 5.74) is 0.821. The number of hydrogen-bond acceptors (Lipinski definition) is 5. The van der Waals surface area contributed by atoms with Gasteiger partial charge in [0, 0.05) is 13.1 Å². The molecule has 2 aromatic rings. The standard InChI is InChI=1S/C16H20ClN5O3S/c1-2-5-11-6-7-12(17)13(10-11)26(24,25)20-15-14(18-21-19-15)16(23)22-8-3-4-9-22/h6-7,10H,2-5,8-9H2,1H3,(H2,18,19,20,21). The number of aromatic amines is 1. The predicted octanol–water partition coefficient (Wildman–Crippen LogP) is 2.45. The Morgan fingerprint density at radius 3 is 2.73 bits per heavy atom. The molecule has 3 rings (SSSR count). The Labute approximate surface area is 157 Å². The lowest BCUT2D eigenvalue weighted by Crippen LogP contribution is -2.29. The molecule has 0 saturated carbocycles. The minimum atomic E-state index is -4.01. The number of carbonyl (C=O) groups is 1. The van der Waals surface area contributed by atoms with E-state index in [2.05, 4.69) is 20.1 Å². The molecule has 1 aromatic heterocycles. The molecule has 0 bridgehead atoms. The number of hydrogen-bond donors (Lipinski definition) is 2. The molecule has 1 amide bonds. The van der Waals surface area contributed by atoms with Crippen molar-refractivity contribution in [1.82, 2.24) is 20.3 Å². The van der Waals surface area contributed by atoms with E-state index >= 15 is 0 Å². The highest BCUT2D eigenvalue weighted by atomic mass is 35.5. The quantitative estimate of drug-likeness (QED) is 0.778. The van der Waals surface area contributed by atoms with Gasteiger partial charge in [0.15, 0.2) is 11.5 Å². The second kappa shape index (κ2) is 7.63. The van der Waals surface area contributed by atoms with E-state index in [-0.39, 0.29) is 27.3 Å². The molecular formula is C16H20ClN5O3S. The van der Waals surface area contributed by atoms with Crippen molar-refractivity contribution < 1.29 is 13.2 Å². The average Bonchev–Trinajstić information content (AvgIpc) is 3.27. The first kappa shape index (κ1) is 18.7. The van der Waals surface area contributed by atoms with Crippen LogP contribution in [0.2, 0.25) is 5.02 Å². The number of likely N-dealkylation sites (tertiary alicyclic amines) is 1. The zero-order valence-corrected chi connectivity index (χ0v) is 15.9. The van der Waals surface area contributed by atoms with E-state index in [0.717, 1.165) is 31.2 Å². The Morgan fingerprint density at radius 1 is 1.31 bits per heavy atom. The molecule has 1 fully saturated rings. The zero-order valence-electron chi connectivity index (χ0n) is 14.3. The molecule has 8 nitrogen and oxygen atoms in total. The summed E-state index contributed by atoms with van der Waals surface area (Å²) in [6.07, 6.45) is 3.46. The van der Waals surface area contributed by atoms with E-state index in [4.69, 9.17) is 11.6 Å². The number of H-pyrrole nitrogens is 1. The van der Waals surface area contributed by atoms with Gasteiger partial charge in [0.25, 0.3) is 15.9 Å². The van der Waals surface area contributed by atoms with Crippen molar-refractivity contribution in [2.75, 3.05) is 17.8 Å². The van der Waals surface area contributed by atoms with Crippen molar-refractivity contribution in [2.45, 2.75) is 37.5 Å². The Balaban J connectivity index is 1.88. The molecule has 1 aliphatic heterocycles. The first-order valence-electron chi connectivity index (χ1n) is 8.43. The number of halogens is 1. The highest BCUT2D eigenvalue weighted by Crippen LogP contribution is 2.26. The van der Waals surface area contributed by atoms with E-state index in [1.807, 2.05) is 6.92 Å². The number of aromatic nitrogens is 3. The molecule has 1 aliphatic rings. The zero-order chi connectivity index (χ0) is 18.7. The highest BCUT2D eigenvalue weighted by molar-refractivity contribution is 7.92. The minimum Gasteiger partial charge on any atom is -0.337 e. The maximum atomic E-state index is 12.8. The molecule has 0 aliphatic carbocycles. The number of anilines is 1. The van der Waals surface area contributed by atoms with Crippen LogP contribution < -0.4 is 4.72 Å². The summed E-state index contributed by atoms with van der Waals surface area (Å²) < 4.78 is 27.9. The van der Waals surface area contributed by atoms with Crippen LogP contribution in [0.5, 0.6) is 0 Å². The van der Waals surface area contributed by atoms with Gasteiger partial charge in [0.1, 0.15) is 4.90 Å². The Morgan fingerprint density at radius 2 is 2.04 bits per heavy atom. The minimum absolute atomic E-state index is 0.0451. The summed E-state index contributed by atoms with van der Waals surface area (Å²) >= 11 is 6.09.